The molecular weight excluding hydrogens is 292 g/mol. The first-order chi connectivity index (χ1) is 8.51. The van der Waals surface area contributed by atoms with Crippen molar-refractivity contribution in [3.8, 4) is 0 Å². The summed E-state index contributed by atoms with van der Waals surface area (Å²) >= 11 is 0. The number of hydrogen-bond acceptors (Lipinski definition) is 4. The molecule has 0 atom stereocenters. The third kappa shape index (κ3) is 4.10. The Morgan fingerprint density at radius 1 is 0.947 bits per heavy atom. The van der Waals surface area contributed by atoms with Gasteiger partial charge in [-0.05, 0) is 19.3 Å². The van der Waals surface area contributed by atoms with Crippen molar-refractivity contribution in [3.63, 3.8) is 0 Å². The van der Waals surface area contributed by atoms with Crippen LogP contribution in [0.5, 0.6) is 0 Å². The fraction of sp³-hybridized carbons (Fsp3) is 1.00. The van der Waals surface area contributed by atoms with Crippen molar-refractivity contribution in [3.05, 3.63) is 0 Å². The minimum atomic E-state index is -3.57. The molecule has 2 N–H and O–H groups in total. The summed E-state index contributed by atoms with van der Waals surface area (Å²) in [7, 11) is -1.43. The van der Waals surface area contributed by atoms with Gasteiger partial charge in [-0.1, -0.05) is 0 Å². The monoisotopic (exact) mass is 314 g/mol. The van der Waals surface area contributed by atoms with Gasteiger partial charge in [-0.3, -0.25) is 0 Å². The van der Waals surface area contributed by atoms with Crippen LogP contribution in [0.3, 0.4) is 0 Å². The average molecular weight is 314 g/mol. The molecule has 0 spiro atoms. The third-order valence-electron chi connectivity index (χ3n) is 3.21. The van der Waals surface area contributed by atoms with Gasteiger partial charge < -0.3 is 0 Å². The highest BCUT2D eigenvalue weighted by molar-refractivity contribution is 7.87. The minimum Gasteiger partial charge on any atom is -0.200 e. The van der Waals surface area contributed by atoms with Crippen LogP contribution in [0.4, 0.5) is 0 Å². The Balaban J connectivity index is 2.74. The molecule has 0 unspecified atom stereocenters. The smallest absolute Gasteiger partial charge is 0.200 e. The maximum atomic E-state index is 11.8. The zero-order chi connectivity index (χ0) is 14.9. The van der Waals surface area contributed by atoms with Crippen LogP contribution in [-0.4, -0.2) is 65.7 Å². The molecular formula is C9H22N4O4S2. The molecule has 19 heavy (non-hydrogen) atoms. The van der Waals surface area contributed by atoms with Crippen molar-refractivity contribution < 1.29 is 16.8 Å². The van der Waals surface area contributed by atoms with Crippen LogP contribution in [0.1, 0.15) is 19.3 Å². The van der Waals surface area contributed by atoms with Crippen LogP contribution in [-0.2, 0) is 20.4 Å². The summed E-state index contributed by atoms with van der Waals surface area (Å²) in [6, 6.07) is 0. The van der Waals surface area contributed by atoms with Crippen molar-refractivity contribution in [2.24, 2.45) is 0 Å². The Bertz CT molecular complexity index is 508. The molecule has 1 saturated carbocycles. The summed E-state index contributed by atoms with van der Waals surface area (Å²) in [6.07, 6.45) is 2.12. The molecule has 10 heteroatoms. The molecule has 0 aromatic rings. The summed E-state index contributed by atoms with van der Waals surface area (Å²) in [5.41, 5.74) is -0.716. The van der Waals surface area contributed by atoms with Gasteiger partial charge in [0.15, 0.2) is 0 Å². The van der Waals surface area contributed by atoms with Crippen LogP contribution in [0.2, 0.25) is 0 Å². The van der Waals surface area contributed by atoms with E-state index in [9.17, 15) is 16.8 Å². The van der Waals surface area contributed by atoms with Crippen molar-refractivity contribution in [1.82, 2.24) is 18.1 Å². The molecule has 1 aliphatic rings. The van der Waals surface area contributed by atoms with E-state index in [0.717, 1.165) is 15.0 Å². The molecule has 1 fully saturated rings. The van der Waals surface area contributed by atoms with Crippen LogP contribution in [0.15, 0.2) is 0 Å². The van der Waals surface area contributed by atoms with E-state index in [1.807, 2.05) is 0 Å². The zero-order valence-corrected chi connectivity index (χ0v) is 13.3. The van der Waals surface area contributed by atoms with Gasteiger partial charge in [0.1, 0.15) is 0 Å². The van der Waals surface area contributed by atoms with Gasteiger partial charge in [-0.2, -0.15) is 30.2 Å². The summed E-state index contributed by atoms with van der Waals surface area (Å²) < 4.78 is 54.1. The number of nitrogens with zero attached hydrogens (tertiary/aromatic N) is 2. The maximum absolute atomic E-state index is 11.8. The Labute approximate surface area is 115 Å². The minimum absolute atomic E-state index is 0.0561. The second-order valence-corrected chi connectivity index (χ2v) is 8.99. The van der Waals surface area contributed by atoms with Gasteiger partial charge in [-0.25, -0.2) is 4.72 Å². The fourth-order valence-corrected chi connectivity index (χ4v) is 3.36. The van der Waals surface area contributed by atoms with E-state index in [4.69, 9.17) is 0 Å². The van der Waals surface area contributed by atoms with Crippen LogP contribution < -0.4 is 9.44 Å². The summed E-state index contributed by atoms with van der Waals surface area (Å²) in [4.78, 5) is 0. The quantitative estimate of drug-likeness (QED) is 0.610. The lowest BCUT2D eigenvalue weighted by molar-refractivity contribution is 0.219. The first kappa shape index (κ1) is 16.8. The first-order valence-corrected chi connectivity index (χ1v) is 8.77. The molecule has 0 heterocycles. The number of rotatable bonds is 7. The summed E-state index contributed by atoms with van der Waals surface area (Å²) in [5, 5.41) is 0. The van der Waals surface area contributed by atoms with Crippen LogP contribution in [0, 0.1) is 0 Å². The van der Waals surface area contributed by atoms with E-state index in [0.29, 0.717) is 12.8 Å². The van der Waals surface area contributed by atoms with Gasteiger partial charge in [-0.15, -0.1) is 0 Å². The first-order valence-electron chi connectivity index (χ1n) is 5.89. The average Bonchev–Trinajstić information content (AvgIpc) is 2.21. The summed E-state index contributed by atoms with van der Waals surface area (Å²) in [5.74, 6) is 0. The van der Waals surface area contributed by atoms with E-state index in [2.05, 4.69) is 9.44 Å². The number of hydrogen-bond donors (Lipinski definition) is 2. The second-order valence-electron chi connectivity index (χ2n) is 5.13. The Kier molecular flexibility index (Phi) is 4.97. The molecule has 1 rings (SSSR count). The van der Waals surface area contributed by atoms with Crippen molar-refractivity contribution >= 4 is 20.4 Å². The van der Waals surface area contributed by atoms with Gasteiger partial charge in [0.2, 0.25) is 0 Å². The second kappa shape index (κ2) is 5.62. The Morgan fingerprint density at radius 3 is 1.74 bits per heavy atom. The third-order valence-corrected chi connectivity index (χ3v) is 6.33. The molecule has 8 nitrogen and oxygen atoms in total. The van der Waals surface area contributed by atoms with Crippen molar-refractivity contribution in [2.45, 2.75) is 24.8 Å². The van der Waals surface area contributed by atoms with E-state index < -0.39 is 26.0 Å². The van der Waals surface area contributed by atoms with Gasteiger partial charge in [0.05, 0.1) is 0 Å². The van der Waals surface area contributed by atoms with Gasteiger partial charge >= 0.3 is 0 Å². The van der Waals surface area contributed by atoms with Gasteiger partial charge in [0.25, 0.3) is 20.4 Å². The zero-order valence-electron chi connectivity index (χ0n) is 11.7. The number of nitrogens with one attached hydrogen (secondary N) is 2. The molecule has 0 radical (unpaired) electrons. The molecule has 0 aliphatic heterocycles. The summed E-state index contributed by atoms with van der Waals surface area (Å²) in [6.45, 7) is 0.0561. The predicted molar refractivity (Wildman–Crippen MR) is 72.9 cm³/mol. The predicted octanol–water partition coefficient (Wildman–Crippen LogP) is -1.30. The lowest BCUT2D eigenvalue weighted by Crippen LogP contribution is -2.62. The lowest BCUT2D eigenvalue weighted by Gasteiger charge is -2.42. The molecule has 0 saturated heterocycles. The normalized spacial score (nSPS) is 19.7. The molecule has 1 aliphatic carbocycles. The Morgan fingerprint density at radius 2 is 1.42 bits per heavy atom. The molecule has 114 valence electrons. The molecule has 0 amide bonds. The molecule has 0 aromatic carbocycles. The highest BCUT2D eigenvalue weighted by Gasteiger charge is 2.41. The van der Waals surface area contributed by atoms with E-state index >= 15 is 0 Å². The van der Waals surface area contributed by atoms with Crippen LogP contribution in [0.25, 0.3) is 0 Å². The van der Waals surface area contributed by atoms with E-state index in [-0.39, 0.29) is 6.54 Å². The van der Waals surface area contributed by atoms with Crippen molar-refractivity contribution in [1.29, 1.82) is 0 Å². The van der Waals surface area contributed by atoms with Crippen LogP contribution >= 0.6 is 0 Å². The highest BCUT2D eigenvalue weighted by atomic mass is 32.2. The molecule has 0 aromatic heterocycles. The lowest BCUT2D eigenvalue weighted by atomic mass is 9.78. The fourth-order valence-electron chi connectivity index (χ4n) is 1.64. The Hall–Kier alpha value is -0.260. The standard InChI is InChI=1S/C9H22N4O4S2/c1-12(2)18(14,15)10-8-9(6-5-7-9)11-19(16,17)13(3)4/h10-11H,5-8H2,1-4H3. The molecule has 0 bridgehead atoms. The SMILES string of the molecule is CN(C)S(=O)(=O)NCC1(NS(=O)(=O)N(C)C)CCC1. The van der Waals surface area contributed by atoms with Gasteiger partial charge in [0, 0.05) is 40.3 Å². The highest BCUT2D eigenvalue weighted by Crippen LogP contribution is 2.32. The maximum Gasteiger partial charge on any atom is 0.279 e. The van der Waals surface area contributed by atoms with E-state index in [1.165, 1.54) is 28.2 Å². The van der Waals surface area contributed by atoms with Crippen molar-refractivity contribution in [2.75, 3.05) is 34.7 Å². The topological polar surface area (TPSA) is 98.8 Å². The largest absolute Gasteiger partial charge is 0.279 e. The van der Waals surface area contributed by atoms with E-state index in [1.54, 1.807) is 0 Å².